The van der Waals surface area contributed by atoms with E-state index in [0.717, 1.165) is 38.4 Å². The number of hydrogen-bond donors (Lipinski definition) is 1. The number of aldehydes is 1. The Balaban J connectivity index is 2.17. The smallest absolute Gasteiger partial charge is 0.421 e. The van der Waals surface area contributed by atoms with Gasteiger partial charge in [0.15, 0.2) is 0 Å². The fraction of sp³-hybridized carbons (Fsp3) is 0.900. The van der Waals surface area contributed by atoms with E-state index in [-0.39, 0.29) is 0 Å². The molecule has 0 atom stereocenters. The third kappa shape index (κ3) is 9.58. The van der Waals surface area contributed by atoms with E-state index in [1.165, 1.54) is 25.7 Å². The van der Waals surface area contributed by atoms with Crippen molar-refractivity contribution in [2.45, 2.75) is 115 Å². The number of ether oxygens (including phenoxy) is 1. The number of amides is 1. The first-order chi connectivity index (χ1) is 12.6. The third-order valence-electron chi connectivity index (χ3n) is 4.95. The monoisotopic (exact) mass is 403 g/mol. The minimum absolute atomic E-state index is 0.608. The van der Waals surface area contributed by atoms with E-state index in [9.17, 15) is 18.0 Å². The summed E-state index contributed by atoms with van der Waals surface area (Å²) in [5, 5.41) is 0. The summed E-state index contributed by atoms with van der Waals surface area (Å²) < 4.78 is 31.4. The van der Waals surface area contributed by atoms with Crippen molar-refractivity contribution >= 4 is 22.4 Å². The van der Waals surface area contributed by atoms with E-state index in [4.69, 9.17) is 4.74 Å². The highest BCUT2D eigenvalue weighted by Gasteiger charge is 2.54. The lowest BCUT2D eigenvalue weighted by molar-refractivity contribution is -0.107. The number of carbonyl (C=O) groups is 2. The lowest BCUT2D eigenvalue weighted by Gasteiger charge is -2.22. The van der Waals surface area contributed by atoms with Crippen LogP contribution in [0.3, 0.4) is 0 Å². The highest BCUT2D eigenvalue weighted by atomic mass is 32.2. The summed E-state index contributed by atoms with van der Waals surface area (Å²) in [6.07, 6.45) is 12.5. The molecule has 1 rings (SSSR count). The van der Waals surface area contributed by atoms with Crippen molar-refractivity contribution in [1.82, 2.24) is 4.72 Å². The first-order valence-electron chi connectivity index (χ1n) is 10.3. The predicted molar refractivity (Wildman–Crippen MR) is 107 cm³/mol. The average Bonchev–Trinajstić information content (AvgIpc) is 3.32. The van der Waals surface area contributed by atoms with Crippen LogP contribution in [-0.4, -0.2) is 31.1 Å². The molecule has 1 aliphatic rings. The van der Waals surface area contributed by atoms with E-state index >= 15 is 0 Å². The molecule has 0 spiro atoms. The van der Waals surface area contributed by atoms with Crippen molar-refractivity contribution < 1.29 is 22.7 Å². The summed E-state index contributed by atoms with van der Waals surface area (Å²) in [5.74, 6) is 0. The molecule has 0 aromatic carbocycles. The molecule has 1 fully saturated rings. The summed E-state index contributed by atoms with van der Waals surface area (Å²) >= 11 is 0. The summed E-state index contributed by atoms with van der Waals surface area (Å²) in [5.41, 5.74) is -0.717. The molecule has 0 bridgehead atoms. The second-order valence-electron chi connectivity index (χ2n) is 8.68. The molecule has 0 saturated heterocycles. The highest BCUT2D eigenvalue weighted by molar-refractivity contribution is 7.91. The molecule has 0 aromatic rings. The lowest BCUT2D eigenvalue weighted by atomic mass is 10.0. The van der Waals surface area contributed by atoms with E-state index in [2.05, 4.69) is 4.72 Å². The zero-order chi connectivity index (χ0) is 20.4. The van der Waals surface area contributed by atoms with Crippen molar-refractivity contribution in [1.29, 1.82) is 0 Å². The van der Waals surface area contributed by atoms with Gasteiger partial charge in [-0.1, -0.05) is 51.4 Å². The Hall–Kier alpha value is -1.11. The minimum atomic E-state index is -3.68. The Morgan fingerprint density at radius 2 is 1.44 bits per heavy atom. The second kappa shape index (κ2) is 11.0. The molecule has 0 radical (unpaired) electrons. The van der Waals surface area contributed by atoms with Crippen LogP contribution in [-0.2, 0) is 19.6 Å². The summed E-state index contributed by atoms with van der Waals surface area (Å²) in [6.45, 7) is 5.12. The van der Waals surface area contributed by atoms with Crippen molar-refractivity contribution in [3.05, 3.63) is 0 Å². The van der Waals surface area contributed by atoms with Crippen molar-refractivity contribution in [2.24, 2.45) is 0 Å². The number of hydrogen-bond acceptors (Lipinski definition) is 5. The minimum Gasteiger partial charge on any atom is -0.443 e. The topological polar surface area (TPSA) is 89.5 Å². The van der Waals surface area contributed by atoms with Gasteiger partial charge in [0, 0.05) is 6.42 Å². The number of sulfonamides is 1. The molecule has 0 unspecified atom stereocenters. The van der Waals surface area contributed by atoms with Crippen molar-refractivity contribution in [3.8, 4) is 0 Å². The zero-order valence-electron chi connectivity index (χ0n) is 17.2. The largest absolute Gasteiger partial charge is 0.443 e. The summed E-state index contributed by atoms with van der Waals surface area (Å²) in [7, 11) is -3.68. The van der Waals surface area contributed by atoms with E-state index in [0.29, 0.717) is 25.7 Å². The van der Waals surface area contributed by atoms with Gasteiger partial charge in [0.25, 0.3) is 0 Å². The molecule has 1 aliphatic carbocycles. The molecule has 6 nitrogen and oxygen atoms in total. The number of rotatable bonds is 14. The molecule has 0 heterocycles. The van der Waals surface area contributed by atoms with Gasteiger partial charge in [-0.2, -0.15) is 0 Å². The van der Waals surface area contributed by atoms with Gasteiger partial charge in [-0.25, -0.2) is 17.9 Å². The molecular formula is C20H37NO5S. The van der Waals surface area contributed by atoms with Gasteiger partial charge in [-0.05, 0) is 46.5 Å². The van der Waals surface area contributed by atoms with Crippen molar-refractivity contribution in [2.75, 3.05) is 0 Å². The Kier molecular flexibility index (Phi) is 9.77. The number of unbranched alkanes of at least 4 members (excludes halogenated alkanes) is 9. The SMILES string of the molecule is CC(C)(C)OC(=O)NS(=O)(=O)C1(CCCCCCCCCCCC=O)CC1. The molecule has 1 amide bonds. The van der Waals surface area contributed by atoms with E-state index in [1.54, 1.807) is 20.8 Å². The van der Waals surface area contributed by atoms with Crippen LogP contribution in [0, 0.1) is 0 Å². The zero-order valence-corrected chi connectivity index (χ0v) is 18.0. The lowest BCUT2D eigenvalue weighted by Crippen LogP contribution is -2.42. The summed E-state index contributed by atoms with van der Waals surface area (Å²) in [4.78, 5) is 22.0. The quantitative estimate of drug-likeness (QED) is 0.330. The fourth-order valence-corrected chi connectivity index (χ4v) is 4.75. The summed E-state index contributed by atoms with van der Waals surface area (Å²) in [6, 6.07) is 0. The predicted octanol–water partition coefficient (Wildman–Crippen LogP) is 4.86. The van der Waals surface area contributed by atoms with Gasteiger partial charge in [0.1, 0.15) is 11.9 Å². The van der Waals surface area contributed by atoms with Gasteiger partial charge in [0.2, 0.25) is 10.0 Å². The van der Waals surface area contributed by atoms with E-state index < -0.39 is 26.5 Å². The van der Waals surface area contributed by atoms with Gasteiger partial charge < -0.3 is 9.53 Å². The Bertz CT molecular complexity index is 561. The Labute approximate surface area is 164 Å². The van der Waals surface area contributed by atoms with Crippen LogP contribution in [0.4, 0.5) is 4.79 Å². The van der Waals surface area contributed by atoms with Gasteiger partial charge >= 0.3 is 6.09 Å². The van der Waals surface area contributed by atoms with Crippen LogP contribution in [0.25, 0.3) is 0 Å². The molecule has 1 N–H and O–H groups in total. The standard InChI is InChI=1S/C20H37NO5S/c1-19(2,3)26-18(23)21-27(24,25)20(15-16-20)14-12-10-8-6-4-5-7-9-11-13-17-22/h17H,4-16H2,1-3H3,(H,21,23). The molecule has 27 heavy (non-hydrogen) atoms. The first-order valence-corrected chi connectivity index (χ1v) is 11.8. The molecule has 1 saturated carbocycles. The molecular weight excluding hydrogens is 366 g/mol. The van der Waals surface area contributed by atoms with Crippen LogP contribution < -0.4 is 4.72 Å². The molecule has 0 aromatic heterocycles. The second-order valence-corrected chi connectivity index (χ2v) is 10.8. The maximum atomic E-state index is 12.5. The van der Waals surface area contributed by atoms with Crippen LogP contribution in [0.2, 0.25) is 0 Å². The number of nitrogens with one attached hydrogen (secondary N) is 1. The molecule has 7 heteroatoms. The van der Waals surface area contributed by atoms with Crippen LogP contribution >= 0.6 is 0 Å². The Morgan fingerprint density at radius 3 is 1.89 bits per heavy atom. The third-order valence-corrected chi connectivity index (χ3v) is 7.14. The fourth-order valence-electron chi connectivity index (χ4n) is 3.22. The normalized spacial score (nSPS) is 16.0. The van der Waals surface area contributed by atoms with Crippen LogP contribution in [0.5, 0.6) is 0 Å². The molecule has 0 aliphatic heterocycles. The number of carbonyl (C=O) groups excluding carboxylic acids is 2. The van der Waals surface area contributed by atoms with Gasteiger partial charge in [-0.3, -0.25) is 0 Å². The van der Waals surface area contributed by atoms with Crippen LogP contribution in [0.1, 0.15) is 104 Å². The maximum Gasteiger partial charge on any atom is 0.421 e. The van der Waals surface area contributed by atoms with Crippen LogP contribution in [0.15, 0.2) is 0 Å². The van der Waals surface area contributed by atoms with Gasteiger partial charge in [-0.15, -0.1) is 0 Å². The Morgan fingerprint density at radius 1 is 0.963 bits per heavy atom. The first kappa shape index (κ1) is 23.9. The average molecular weight is 404 g/mol. The maximum absolute atomic E-state index is 12.5. The highest BCUT2D eigenvalue weighted by Crippen LogP contribution is 2.47. The van der Waals surface area contributed by atoms with Gasteiger partial charge in [0.05, 0.1) is 4.75 Å². The van der Waals surface area contributed by atoms with Crippen molar-refractivity contribution in [3.63, 3.8) is 0 Å². The van der Waals surface area contributed by atoms with E-state index in [1.807, 2.05) is 0 Å². The molecule has 158 valence electrons.